The minimum atomic E-state index is -2.53. The molecule has 0 aliphatic carbocycles. The first-order valence-corrected chi connectivity index (χ1v) is 6.42. The Morgan fingerprint density at radius 3 is 2.50 bits per heavy atom. The largest absolute Gasteiger partial charge is 0.399 e. The van der Waals surface area contributed by atoms with E-state index in [1.807, 2.05) is 43.1 Å². The Morgan fingerprint density at radius 1 is 1.15 bits per heavy atom. The third-order valence-corrected chi connectivity index (χ3v) is 3.37. The van der Waals surface area contributed by atoms with E-state index in [0.29, 0.717) is 17.9 Å². The first-order valence-electron chi connectivity index (χ1n) is 6.42. The molecular formula is C16H18F2N2. The van der Waals surface area contributed by atoms with E-state index in [-0.39, 0.29) is 5.56 Å². The molecule has 2 aromatic carbocycles. The van der Waals surface area contributed by atoms with E-state index in [1.54, 1.807) is 12.1 Å². The van der Waals surface area contributed by atoms with Crippen molar-refractivity contribution < 1.29 is 8.78 Å². The average molecular weight is 276 g/mol. The normalized spacial score (nSPS) is 10.8. The molecule has 0 heterocycles. The number of hydrogen-bond donors (Lipinski definition) is 1. The van der Waals surface area contributed by atoms with Crippen LogP contribution in [0.5, 0.6) is 0 Å². The second-order valence-electron chi connectivity index (χ2n) is 4.90. The Bertz CT molecular complexity index is 597. The van der Waals surface area contributed by atoms with Crippen LogP contribution in [0.15, 0.2) is 42.5 Å². The maximum absolute atomic E-state index is 13.1. The van der Waals surface area contributed by atoms with Crippen molar-refractivity contribution in [1.29, 1.82) is 0 Å². The fourth-order valence-corrected chi connectivity index (χ4v) is 2.22. The zero-order valence-electron chi connectivity index (χ0n) is 11.6. The summed E-state index contributed by atoms with van der Waals surface area (Å²) in [6, 6.07) is 12.6. The lowest BCUT2D eigenvalue weighted by molar-refractivity contribution is 0.152. The highest BCUT2D eigenvalue weighted by Crippen LogP contribution is 2.31. The Morgan fingerprint density at radius 2 is 1.85 bits per heavy atom. The van der Waals surface area contributed by atoms with Gasteiger partial charge in [-0.2, -0.15) is 0 Å². The van der Waals surface area contributed by atoms with Gasteiger partial charge in [0, 0.05) is 30.5 Å². The lowest BCUT2D eigenvalue weighted by Gasteiger charge is -2.23. The van der Waals surface area contributed by atoms with Crippen LogP contribution >= 0.6 is 0 Å². The molecule has 2 aromatic rings. The SMILES string of the molecule is Cc1ccccc1CN(C)c1ccc(N)cc1C(F)F. The van der Waals surface area contributed by atoms with Gasteiger partial charge in [-0.25, -0.2) is 8.78 Å². The zero-order valence-corrected chi connectivity index (χ0v) is 11.6. The predicted octanol–water partition coefficient (Wildman–Crippen LogP) is 4.15. The summed E-state index contributed by atoms with van der Waals surface area (Å²) in [5.41, 5.74) is 8.69. The molecule has 0 radical (unpaired) electrons. The van der Waals surface area contributed by atoms with E-state index in [2.05, 4.69) is 0 Å². The minimum Gasteiger partial charge on any atom is -0.399 e. The topological polar surface area (TPSA) is 29.3 Å². The molecule has 0 aliphatic rings. The molecule has 20 heavy (non-hydrogen) atoms. The molecule has 0 aliphatic heterocycles. The molecule has 0 saturated heterocycles. The number of aryl methyl sites for hydroxylation is 1. The van der Waals surface area contributed by atoms with Gasteiger partial charge in [-0.3, -0.25) is 0 Å². The van der Waals surface area contributed by atoms with E-state index < -0.39 is 6.43 Å². The number of alkyl halides is 2. The van der Waals surface area contributed by atoms with Crippen LogP contribution in [0, 0.1) is 6.92 Å². The summed E-state index contributed by atoms with van der Waals surface area (Å²) < 4.78 is 26.2. The molecule has 2 nitrogen and oxygen atoms in total. The van der Waals surface area contributed by atoms with Gasteiger partial charge in [0.05, 0.1) is 0 Å². The fourth-order valence-electron chi connectivity index (χ4n) is 2.22. The molecule has 2 N–H and O–H groups in total. The number of nitrogens with zero attached hydrogens (tertiary/aromatic N) is 1. The maximum atomic E-state index is 13.1. The summed E-state index contributed by atoms with van der Waals surface area (Å²) >= 11 is 0. The number of benzene rings is 2. The Balaban J connectivity index is 2.30. The Hall–Kier alpha value is -2.10. The average Bonchev–Trinajstić information content (AvgIpc) is 2.41. The van der Waals surface area contributed by atoms with Gasteiger partial charge in [-0.15, -0.1) is 0 Å². The van der Waals surface area contributed by atoms with E-state index in [1.165, 1.54) is 6.07 Å². The Kier molecular flexibility index (Phi) is 4.23. The van der Waals surface area contributed by atoms with Crippen molar-refractivity contribution in [2.45, 2.75) is 19.9 Å². The molecule has 0 unspecified atom stereocenters. The predicted molar refractivity (Wildman–Crippen MR) is 79.1 cm³/mol. The number of nitrogens with two attached hydrogens (primary N) is 1. The zero-order chi connectivity index (χ0) is 14.7. The molecule has 0 saturated carbocycles. The maximum Gasteiger partial charge on any atom is 0.265 e. The van der Waals surface area contributed by atoms with Gasteiger partial charge in [0.1, 0.15) is 0 Å². The third-order valence-electron chi connectivity index (χ3n) is 3.37. The molecule has 0 spiro atoms. The highest BCUT2D eigenvalue weighted by Gasteiger charge is 2.16. The van der Waals surface area contributed by atoms with Crippen LogP contribution < -0.4 is 10.6 Å². The highest BCUT2D eigenvalue weighted by molar-refractivity contribution is 5.60. The van der Waals surface area contributed by atoms with Crippen molar-refractivity contribution in [3.8, 4) is 0 Å². The van der Waals surface area contributed by atoms with Crippen LogP contribution in [0.1, 0.15) is 23.1 Å². The summed E-state index contributed by atoms with van der Waals surface area (Å²) in [5.74, 6) is 0. The lowest BCUT2D eigenvalue weighted by Crippen LogP contribution is -2.19. The second-order valence-corrected chi connectivity index (χ2v) is 4.90. The van der Waals surface area contributed by atoms with E-state index in [4.69, 9.17) is 5.73 Å². The summed E-state index contributed by atoms with van der Waals surface area (Å²) in [7, 11) is 1.81. The lowest BCUT2D eigenvalue weighted by atomic mass is 10.1. The molecule has 0 amide bonds. The summed E-state index contributed by atoms with van der Waals surface area (Å²) in [4.78, 5) is 1.82. The van der Waals surface area contributed by atoms with E-state index in [0.717, 1.165) is 11.1 Å². The number of rotatable bonds is 4. The van der Waals surface area contributed by atoms with Crippen molar-refractivity contribution in [2.24, 2.45) is 0 Å². The fraction of sp³-hybridized carbons (Fsp3) is 0.250. The summed E-state index contributed by atoms with van der Waals surface area (Å²) in [6.45, 7) is 2.59. The first-order chi connectivity index (χ1) is 9.49. The van der Waals surface area contributed by atoms with Gasteiger partial charge in [-0.1, -0.05) is 24.3 Å². The van der Waals surface area contributed by atoms with Gasteiger partial charge in [-0.05, 0) is 36.2 Å². The molecule has 0 aromatic heterocycles. The van der Waals surface area contributed by atoms with Crippen LogP contribution in [-0.2, 0) is 6.54 Å². The standard InChI is InChI=1S/C16H18F2N2/c1-11-5-3-4-6-12(11)10-20(2)15-8-7-13(19)9-14(15)16(17)18/h3-9,16H,10,19H2,1-2H3. The minimum absolute atomic E-state index is 0.0268. The molecule has 2 rings (SSSR count). The Labute approximate surface area is 117 Å². The molecule has 0 bridgehead atoms. The van der Waals surface area contributed by atoms with Crippen molar-refractivity contribution in [3.63, 3.8) is 0 Å². The van der Waals surface area contributed by atoms with Crippen LogP contribution in [0.3, 0.4) is 0 Å². The summed E-state index contributed by atoms with van der Waals surface area (Å²) in [5, 5.41) is 0. The molecule has 4 heteroatoms. The highest BCUT2D eigenvalue weighted by atomic mass is 19.3. The third kappa shape index (κ3) is 3.07. The molecular weight excluding hydrogens is 258 g/mol. The number of halogens is 2. The van der Waals surface area contributed by atoms with Gasteiger partial charge < -0.3 is 10.6 Å². The van der Waals surface area contributed by atoms with Crippen LogP contribution in [0.2, 0.25) is 0 Å². The molecule has 106 valence electrons. The van der Waals surface area contributed by atoms with Gasteiger partial charge in [0.25, 0.3) is 6.43 Å². The van der Waals surface area contributed by atoms with Gasteiger partial charge in [0.15, 0.2) is 0 Å². The van der Waals surface area contributed by atoms with Crippen molar-refractivity contribution in [2.75, 3.05) is 17.7 Å². The number of anilines is 2. The summed E-state index contributed by atoms with van der Waals surface area (Å²) in [6.07, 6.45) is -2.53. The second kappa shape index (κ2) is 5.90. The molecule has 0 fully saturated rings. The van der Waals surface area contributed by atoms with Gasteiger partial charge in [0.2, 0.25) is 0 Å². The number of nitrogen functional groups attached to an aromatic ring is 1. The monoisotopic (exact) mass is 276 g/mol. The van der Waals surface area contributed by atoms with Crippen LogP contribution in [-0.4, -0.2) is 7.05 Å². The van der Waals surface area contributed by atoms with Crippen molar-refractivity contribution in [3.05, 3.63) is 59.2 Å². The van der Waals surface area contributed by atoms with Crippen molar-refractivity contribution in [1.82, 2.24) is 0 Å². The van der Waals surface area contributed by atoms with Crippen LogP contribution in [0.25, 0.3) is 0 Å². The van der Waals surface area contributed by atoms with Crippen molar-refractivity contribution >= 4 is 11.4 Å². The molecule has 0 atom stereocenters. The number of hydrogen-bond acceptors (Lipinski definition) is 2. The smallest absolute Gasteiger partial charge is 0.265 e. The first kappa shape index (κ1) is 14.3. The van der Waals surface area contributed by atoms with Crippen LogP contribution in [0.4, 0.5) is 20.2 Å². The quantitative estimate of drug-likeness (QED) is 0.850. The van der Waals surface area contributed by atoms with Gasteiger partial charge >= 0.3 is 0 Å². The van der Waals surface area contributed by atoms with E-state index >= 15 is 0 Å². The van der Waals surface area contributed by atoms with E-state index in [9.17, 15) is 8.78 Å².